The second-order valence-electron chi connectivity index (χ2n) is 6.89. The summed E-state index contributed by atoms with van der Waals surface area (Å²) >= 11 is 0. The van der Waals surface area contributed by atoms with Crippen molar-refractivity contribution < 1.29 is 23.8 Å². The van der Waals surface area contributed by atoms with Crippen LogP contribution in [-0.2, 0) is 14.2 Å². The number of likely N-dealkylation sites (tertiary alicyclic amines) is 1. The molecule has 1 aromatic rings. The van der Waals surface area contributed by atoms with Gasteiger partial charge >= 0.3 is 0 Å². The van der Waals surface area contributed by atoms with Crippen LogP contribution in [0.4, 0.5) is 0 Å². The van der Waals surface area contributed by atoms with Gasteiger partial charge in [0.2, 0.25) is 0 Å². The third kappa shape index (κ3) is 3.47. The Kier molecular flexibility index (Phi) is 4.93. The van der Waals surface area contributed by atoms with Gasteiger partial charge in [-0.2, -0.15) is 0 Å². The molecule has 4 rings (SSSR count). The van der Waals surface area contributed by atoms with Crippen LogP contribution in [0.3, 0.4) is 0 Å². The number of carbonyl (C=O) groups excluding carboxylic acids is 2. The van der Waals surface area contributed by atoms with Crippen LogP contribution in [0.1, 0.15) is 33.6 Å². The van der Waals surface area contributed by atoms with Crippen LogP contribution >= 0.6 is 0 Å². The maximum atomic E-state index is 12.9. The summed E-state index contributed by atoms with van der Waals surface area (Å²) in [6.45, 7) is 4.74. The van der Waals surface area contributed by atoms with Crippen LogP contribution in [-0.4, -0.2) is 80.0 Å². The van der Waals surface area contributed by atoms with E-state index >= 15 is 0 Å². The number of rotatable bonds is 2. The highest BCUT2D eigenvalue weighted by atomic mass is 16.7. The van der Waals surface area contributed by atoms with Gasteiger partial charge in [-0.25, -0.2) is 0 Å². The van der Waals surface area contributed by atoms with Crippen molar-refractivity contribution >= 4 is 11.8 Å². The van der Waals surface area contributed by atoms with Crippen LogP contribution in [0.25, 0.3) is 0 Å². The molecule has 3 aliphatic heterocycles. The van der Waals surface area contributed by atoms with E-state index in [4.69, 9.17) is 14.2 Å². The Hall–Kier alpha value is -1.96. The number of morpholine rings is 1. The van der Waals surface area contributed by atoms with Gasteiger partial charge in [0, 0.05) is 50.1 Å². The lowest BCUT2D eigenvalue weighted by Gasteiger charge is -2.37. The van der Waals surface area contributed by atoms with Crippen molar-refractivity contribution in [3.63, 3.8) is 0 Å². The van der Waals surface area contributed by atoms with Crippen molar-refractivity contribution in [1.29, 1.82) is 0 Å². The summed E-state index contributed by atoms with van der Waals surface area (Å²) in [6, 6.07) is 7.01. The maximum absolute atomic E-state index is 12.9. The van der Waals surface area contributed by atoms with Gasteiger partial charge in [-0.1, -0.05) is 6.07 Å². The summed E-state index contributed by atoms with van der Waals surface area (Å²) in [7, 11) is 0. The summed E-state index contributed by atoms with van der Waals surface area (Å²) < 4.78 is 16.7. The van der Waals surface area contributed by atoms with Crippen molar-refractivity contribution in [2.24, 2.45) is 0 Å². The number of nitrogens with zero attached hydrogens (tertiary/aromatic N) is 2. The molecule has 0 unspecified atom stereocenters. The Labute approximate surface area is 152 Å². The van der Waals surface area contributed by atoms with Crippen molar-refractivity contribution in [1.82, 2.24) is 9.80 Å². The predicted octanol–water partition coefficient (Wildman–Crippen LogP) is 1.14. The molecule has 26 heavy (non-hydrogen) atoms. The minimum Gasteiger partial charge on any atom is -0.378 e. The van der Waals surface area contributed by atoms with Crippen LogP contribution in [0.15, 0.2) is 24.3 Å². The van der Waals surface area contributed by atoms with Gasteiger partial charge in [-0.15, -0.1) is 0 Å². The van der Waals surface area contributed by atoms with Crippen molar-refractivity contribution in [2.45, 2.75) is 18.6 Å². The van der Waals surface area contributed by atoms with E-state index in [1.807, 2.05) is 4.90 Å². The molecule has 140 valence electrons. The number of hydrogen-bond donors (Lipinski definition) is 0. The molecule has 0 atom stereocenters. The maximum Gasteiger partial charge on any atom is 0.254 e. The first kappa shape index (κ1) is 17.5. The van der Waals surface area contributed by atoms with Crippen LogP contribution in [0.5, 0.6) is 0 Å². The molecular formula is C19H24N2O5. The molecule has 1 spiro atoms. The molecule has 0 radical (unpaired) electrons. The zero-order chi connectivity index (χ0) is 18.0. The molecule has 3 saturated heterocycles. The smallest absolute Gasteiger partial charge is 0.254 e. The van der Waals surface area contributed by atoms with Crippen LogP contribution in [0.2, 0.25) is 0 Å². The van der Waals surface area contributed by atoms with Gasteiger partial charge in [0.25, 0.3) is 11.8 Å². The molecule has 0 bridgehead atoms. The van der Waals surface area contributed by atoms with Gasteiger partial charge in [0.15, 0.2) is 5.79 Å². The molecule has 3 heterocycles. The summed E-state index contributed by atoms with van der Waals surface area (Å²) in [5.74, 6) is -0.590. The number of benzene rings is 1. The Bertz CT molecular complexity index is 670. The lowest BCUT2D eigenvalue weighted by atomic mass is 10.0. The van der Waals surface area contributed by atoms with Gasteiger partial charge in [-0.3, -0.25) is 9.59 Å². The molecule has 0 aromatic heterocycles. The van der Waals surface area contributed by atoms with E-state index in [1.54, 1.807) is 29.2 Å². The third-order valence-electron chi connectivity index (χ3n) is 5.28. The van der Waals surface area contributed by atoms with Gasteiger partial charge < -0.3 is 24.0 Å². The summed E-state index contributed by atoms with van der Waals surface area (Å²) in [6.07, 6.45) is 1.37. The Morgan fingerprint density at radius 2 is 1.35 bits per heavy atom. The molecule has 3 aliphatic rings. The first-order valence-electron chi connectivity index (χ1n) is 9.21. The van der Waals surface area contributed by atoms with Crippen molar-refractivity contribution in [3.8, 4) is 0 Å². The van der Waals surface area contributed by atoms with Gasteiger partial charge in [0.1, 0.15) is 0 Å². The molecular weight excluding hydrogens is 336 g/mol. The van der Waals surface area contributed by atoms with E-state index in [0.29, 0.717) is 76.6 Å². The predicted molar refractivity (Wildman–Crippen MR) is 92.9 cm³/mol. The van der Waals surface area contributed by atoms with E-state index in [9.17, 15) is 9.59 Å². The zero-order valence-corrected chi connectivity index (χ0v) is 14.8. The van der Waals surface area contributed by atoms with Crippen molar-refractivity contribution in [2.75, 3.05) is 52.6 Å². The summed E-state index contributed by atoms with van der Waals surface area (Å²) in [5, 5.41) is 0. The Balaban J connectivity index is 1.42. The average Bonchev–Trinajstić information content (AvgIpc) is 3.16. The standard InChI is InChI=1S/C19H24N2O5/c22-17(20-6-4-19(5-7-20)25-12-13-26-19)15-2-1-3-16(14-15)18(23)21-8-10-24-11-9-21/h1-3,14H,4-13H2. The third-order valence-corrected chi connectivity index (χ3v) is 5.28. The quantitative estimate of drug-likeness (QED) is 0.791. The topological polar surface area (TPSA) is 68.3 Å². The van der Waals surface area contributed by atoms with Crippen molar-refractivity contribution in [3.05, 3.63) is 35.4 Å². The number of carbonyl (C=O) groups is 2. The lowest BCUT2D eigenvalue weighted by Crippen LogP contribution is -2.47. The fourth-order valence-electron chi connectivity index (χ4n) is 3.75. The average molecular weight is 360 g/mol. The fraction of sp³-hybridized carbons (Fsp3) is 0.579. The second kappa shape index (κ2) is 7.34. The van der Waals surface area contributed by atoms with E-state index < -0.39 is 5.79 Å². The van der Waals surface area contributed by atoms with Crippen LogP contribution in [0, 0.1) is 0 Å². The summed E-state index contributed by atoms with van der Waals surface area (Å²) in [4.78, 5) is 29.1. The number of hydrogen-bond acceptors (Lipinski definition) is 5. The molecule has 7 nitrogen and oxygen atoms in total. The highest BCUT2D eigenvalue weighted by molar-refractivity contribution is 5.99. The number of piperidine rings is 1. The fourth-order valence-corrected chi connectivity index (χ4v) is 3.75. The molecule has 7 heteroatoms. The largest absolute Gasteiger partial charge is 0.378 e. The van der Waals surface area contributed by atoms with Gasteiger partial charge in [-0.05, 0) is 18.2 Å². The second-order valence-corrected chi connectivity index (χ2v) is 6.89. The molecule has 0 aliphatic carbocycles. The molecule has 3 fully saturated rings. The highest BCUT2D eigenvalue weighted by Gasteiger charge is 2.40. The number of ether oxygens (including phenoxy) is 3. The Morgan fingerprint density at radius 1 is 0.808 bits per heavy atom. The summed E-state index contributed by atoms with van der Waals surface area (Å²) in [5.41, 5.74) is 1.10. The molecule has 0 N–H and O–H groups in total. The minimum absolute atomic E-state index is 0.0468. The Morgan fingerprint density at radius 3 is 1.92 bits per heavy atom. The minimum atomic E-state index is -0.495. The normalized spacial score (nSPS) is 22.6. The van der Waals surface area contributed by atoms with Gasteiger partial charge in [0.05, 0.1) is 26.4 Å². The van der Waals surface area contributed by atoms with E-state index in [1.165, 1.54) is 0 Å². The zero-order valence-electron chi connectivity index (χ0n) is 14.8. The number of amides is 2. The van der Waals surface area contributed by atoms with Crippen LogP contribution < -0.4 is 0 Å². The molecule has 2 amide bonds. The lowest BCUT2D eigenvalue weighted by molar-refractivity contribution is -0.181. The van der Waals surface area contributed by atoms with E-state index in [0.717, 1.165) is 0 Å². The SMILES string of the molecule is O=C(c1cccc(C(=O)N2CCC3(CC2)OCCO3)c1)N1CCOCC1. The van der Waals surface area contributed by atoms with E-state index in [2.05, 4.69) is 0 Å². The first-order chi connectivity index (χ1) is 12.7. The highest BCUT2D eigenvalue weighted by Crippen LogP contribution is 2.31. The van der Waals surface area contributed by atoms with E-state index in [-0.39, 0.29) is 11.8 Å². The first-order valence-corrected chi connectivity index (χ1v) is 9.21. The molecule has 0 saturated carbocycles. The molecule has 1 aromatic carbocycles. The monoisotopic (exact) mass is 360 g/mol.